The van der Waals surface area contributed by atoms with Gasteiger partial charge in [0.15, 0.2) is 5.58 Å². The van der Waals surface area contributed by atoms with Crippen molar-refractivity contribution in [1.29, 1.82) is 0 Å². The van der Waals surface area contributed by atoms with Gasteiger partial charge in [-0.3, -0.25) is 0 Å². The standard InChI is InChI=1S/C16H14Cl2N2O2/c17-8-13(21)9-19-12-3-1-2-10(6-12)16-20-14-5-4-11(18)7-15(14)22-16/h1-7,13,19,21H,8-9H2. The molecular formula is C16H14Cl2N2O2. The number of hydrogen-bond acceptors (Lipinski definition) is 4. The van der Waals surface area contributed by atoms with Gasteiger partial charge in [-0.05, 0) is 30.3 Å². The van der Waals surface area contributed by atoms with Crippen LogP contribution in [0.25, 0.3) is 22.6 Å². The van der Waals surface area contributed by atoms with Gasteiger partial charge in [0.2, 0.25) is 5.89 Å². The minimum absolute atomic E-state index is 0.193. The Morgan fingerprint density at radius 1 is 1.23 bits per heavy atom. The fraction of sp³-hybridized carbons (Fsp3) is 0.188. The van der Waals surface area contributed by atoms with Crippen molar-refractivity contribution in [1.82, 2.24) is 4.98 Å². The number of fused-ring (bicyclic) bond motifs is 1. The Bertz CT molecular complexity index is 789. The Kier molecular flexibility index (Phi) is 4.52. The molecule has 3 rings (SSSR count). The number of oxazole rings is 1. The first-order chi connectivity index (χ1) is 10.7. The Balaban J connectivity index is 1.86. The van der Waals surface area contributed by atoms with Crippen molar-refractivity contribution in [3.63, 3.8) is 0 Å². The molecule has 0 amide bonds. The summed E-state index contributed by atoms with van der Waals surface area (Å²) in [6.07, 6.45) is -0.586. The molecule has 1 aromatic heterocycles. The summed E-state index contributed by atoms with van der Waals surface area (Å²) in [5.41, 5.74) is 3.12. The first kappa shape index (κ1) is 15.2. The highest BCUT2D eigenvalue weighted by Crippen LogP contribution is 2.27. The zero-order valence-corrected chi connectivity index (χ0v) is 13.1. The number of aliphatic hydroxyl groups excluding tert-OH is 1. The summed E-state index contributed by atoms with van der Waals surface area (Å²) in [4.78, 5) is 4.45. The number of nitrogens with one attached hydrogen (secondary N) is 1. The molecule has 6 heteroatoms. The van der Waals surface area contributed by atoms with Gasteiger partial charge in [-0.1, -0.05) is 17.7 Å². The summed E-state index contributed by atoms with van der Waals surface area (Å²) in [7, 11) is 0. The molecule has 4 nitrogen and oxygen atoms in total. The van der Waals surface area contributed by atoms with Gasteiger partial charge < -0.3 is 14.8 Å². The maximum Gasteiger partial charge on any atom is 0.227 e. The molecule has 0 radical (unpaired) electrons. The molecule has 0 bridgehead atoms. The van der Waals surface area contributed by atoms with E-state index in [0.29, 0.717) is 23.0 Å². The number of anilines is 1. The summed E-state index contributed by atoms with van der Waals surface area (Å²) < 4.78 is 5.74. The van der Waals surface area contributed by atoms with Crippen LogP contribution in [-0.4, -0.2) is 28.6 Å². The largest absolute Gasteiger partial charge is 0.436 e. The van der Waals surface area contributed by atoms with Gasteiger partial charge in [0.05, 0.1) is 12.0 Å². The molecular weight excluding hydrogens is 323 g/mol. The van der Waals surface area contributed by atoms with Crippen LogP contribution in [0.4, 0.5) is 5.69 Å². The lowest BCUT2D eigenvalue weighted by Crippen LogP contribution is -2.20. The van der Waals surface area contributed by atoms with Crippen LogP contribution in [0.3, 0.4) is 0 Å². The first-order valence-corrected chi connectivity index (χ1v) is 7.71. The lowest BCUT2D eigenvalue weighted by atomic mass is 10.2. The number of aromatic nitrogens is 1. The van der Waals surface area contributed by atoms with Crippen LogP contribution in [-0.2, 0) is 0 Å². The van der Waals surface area contributed by atoms with Crippen LogP contribution in [0, 0.1) is 0 Å². The SMILES string of the molecule is OC(CCl)CNc1cccc(-c2nc3ccc(Cl)cc3o2)c1. The van der Waals surface area contributed by atoms with Gasteiger partial charge in [0, 0.05) is 28.9 Å². The van der Waals surface area contributed by atoms with E-state index in [2.05, 4.69) is 10.3 Å². The van der Waals surface area contributed by atoms with Gasteiger partial charge in [0.25, 0.3) is 0 Å². The second-order valence-electron chi connectivity index (χ2n) is 4.90. The van der Waals surface area contributed by atoms with Crippen molar-refractivity contribution in [3.8, 4) is 11.5 Å². The number of halogens is 2. The molecule has 2 aromatic carbocycles. The predicted octanol–water partition coefficient (Wildman–Crippen LogP) is 4.16. The molecule has 0 spiro atoms. The number of alkyl halides is 1. The van der Waals surface area contributed by atoms with Gasteiger partial charge in [-0.15, -0.1) is 11.6 Å². The van der Waals surface area contributed by atoms with Crippen molar-refractivity contribution >= 4 is 40.0 Å². The van der Waals surface area contributed by atoms with E-state index in [9.17, 15) is 5.11 Å². The number of hydrogen-bond donors (Lipinski definition) is 2. The molecule has 22 heavy (non-hydrogen) atoms. The molecule has 0 saturated heterocycles. The molecule has 0 aliphatic rings. The minimum atomic E-state index is -0.586. The molecule has 1 atom stereocenters. The monoisotopic (exact) mass is 336 g/mol. The summed E-state index contributed by atoms with van der Waals surface area (Å²) >= 11 is 11.5. The third kappa shape index (κ3) is 3.35. The molecule has 1 unspecified atom stereocenters. The van der Waals surface area contributed by atoms with Crippen molar-refractivity contribution in [2.24, 2.45) is 0 Å². The van der Waals surface area contributed by atoms with Gasteiger partial charge in [0.1, 0.15) is 5.52 Å². The third-order valence-corrected chi connectivity index (χ3v) is 3.77. The third-order valence-electron chi connectivity index (χ3n) is 3.18. The molecule has 0 aliphatic carbocycles. The second kappa shape index (κ2) is 6.57. The molecule has 0 fully saturated rings. The van der Waals surface area contributed by atoms with E-state index >= 15 is 0 Å². The highest BCUT2D eigenvalue weighted by atomic mass is 35.5. The molecule has 114 valence electrons. The summed E-state index contributed by atoms with van der Waals surface area (Å²) in [5.74, 6) is 0.720. The Labute approximate surface area is 137 Å². The average Bonchev–Trinajstić information content (AvgIpc) is 2.96. The van der Waals surface area contributed by atoms with Gasteiger partial charge in [-0.2, -0.15) is 0 Å². The van der Waals surface area contributed by atoms with E-state index in [4.69, 9.17) is 27.6 Å². The van der Waals surface area contributed by atoms with Crippen LogP contribution < -0.4 is 5.32 Å². The fourth-order valence-electron chi connectivity index (χ4n) is 2.07. The molecule has 3 aromatic rings. The normalized spacial score (nSPS) is 12.5. The Hall–Kier alpha value is -1.75. The molecule has 0 aliphatic heterocycles. The number of aliphatic hydroxyl groups is 1. The second-order valence-corrected chi connectivity index (χ2v) is 5.65. The zero-order valence-electron chi connectivity index (χ0n) is 11.6. The minimum Gasteiger partial charge on any atom is -0.436 e. The number of rotatable bonds is 5. The average molecular weight is 337 g/mol. The first-order valence-electron chi connectivity index (χ1n) is 6.80. The lowest BCUT2D eigenvalue weighted by Gasteiger charge is -2.10. The van der Waals surface area contributed by atoms with E-state index in [1.807, 2.05) is 30.3 Å². The van der Waals surface area contributed by atoms with Crippen LogP contribution in [0.2, 0.25) is 5.02 Å². The number of nitrogens with zero attached hydrogens (tertiary/aromatic N) is 1. The summed E-state index contributed by atoms with van der Waals surface area (Å²) in [6.45, 7) is 0.385. The van der Waals surface area contributed by atoms with Crippen molar-refractivity contribution in [3.05, 3.63) is 47.5 Å². The van der Waals surface area contributed by atoms with Crippen molar-refractivity contribution < 1.29 is 9.52 Å². The molecule has 1 heterocycles. The van der Waals surface area contributed by atoms with E-state index in [1.54, 1.807) is 12.1 Å². The fourth-order valence-corrected chi connectivity index (χ4v) is 2.35. The number of benzene rings is 2. The van der Waals surface area contributed by atoms with E-state index in [-0.39, 0.29) is 5.88 Å². The smallest absolute Gasteiger partial charge is 0.227 e. The van der Waals surface area contributed by atoms with E-state index in [1.165, 1.54) is 0 Å². The Morgan fingerprint density at radius 3 is 2.91 bits per heavy atom. The predicted molar refractivity (Wildman–Crippen MR) is 89.7 cm³/mol. The maximum absolute atomic E-state index is 9.49. The summed E-state index contributed by atoms with van der Waals surface area (Å²) in [6, 6.07) is 13.0. The molecule has 2 N–H and O–H groups in total. The van der Waals surface area contributed by atoms with Gasteiger partial charge >= 0.3 is 0 Å². The van der Waals surface area contributed by atoms with Crippen LogP contribution in [0.5, 0.6) is 0 Å². The highest BCUT2D eigenvalue weighted by molar-refractivity contribution is 6.31. The van der Waals surface area contributed by atoms with E-state index in [0.717, 1.165) is 16.8 Å². The summed E-state index contributed by atoms with van der Waals surface area (Å²) in [5, 5.41) is 13.2. The van der Waals surface area contributed by atoms with Gasteiger partial charge in [-0.25, -0.2) is 4.98 Å². The lowest BCUT2D eigenvalue weighted by molar-refractivity contribution is 0.211. The van der Waals surface area contributed by atoms with Crippen molar-refractivity contribution in [2.45, 2.75) is 6.10 Å². The van der Waals surface area contributed by atoms with Crippen LogP contribution in [0.15, 0.2) is 46.9 Å². The van der Waals surface area contributed by atoms with Crippen molar-refractivity contribution in [2.75, 3.05) is 17.7 Å². The Morgan fingerprint density at radius 2 is 2.09 bits per heavy atom. The maximum atomic E-state index is 9.49. The molecule has 0 saturated carbocycles. The zero-order chi connectivity index (χ0) is 15.5. The quantitative estimate of drug-likeness (QED) is 0.687. The topological polar surface area (TPSA) is 58.3 Å². The van der Waals surface area contributed by atoms with Crippen LogP contribution >= 0.6 is 23.2 Å². The van der Waals surface area contributed by atoms with Crippen LogP contribution in [0.1, 0.15) is 0 Å². The van der Waals surface area contributed by atoms with E-state index < -0.39 is 6.10 Å². The highest BCUT2D eigenvalue weighted by Gasteiger charge is 2.09.